The zero-order valence-electron chi connectivity index (χ0n) is 11.9. The minimum atomic E-state index is -0.404. The number of nitrogens with two attached hydrogens (primary N) is 1. The maximum absolute atomic E-state index is 13.2. The molecule has 0 fully saturated rings. The van der Waals surface area contributed by atoms with Gasteiger partial charge in [0.1, 0.15) is 16.5 Å². The number of aromatic nitrogens is 1. The lowest BCUT2D eigenvalue weighted by molar-refractivity contribution is 0.103. The Labute approximate surface area is 126 Å². The van der Waals surface area contributed by atoms with Crippen LogP contribution >= 0.6 is 11.3 Å². The fourth-order valence-electron chi connectivity index (χ4n) is 1.71. The van der Waals surface area contributed by atoms with Crippen molar-refractivity contribution in [3.8, 4) is 0 Å². The Hall–Kier alpha value is -2.15. The van der Waals surface area contributed by atoms with Gasteiger partial charge < -0.3 is 16.4 Å². The van der Waals surface area contributed by atoms with Crippen molar-refractivity contribution < 1.29 is 9.18 Å². The van der Waals surface area contributed by atoms with Crippen molar-refractivity contribution in [1.29, 1.82) is 0 Å². The van der Waals surface area contributed by atoms with Gasteiger partial charge in [-0.3, -0.25) is 4.79 Å². The standard InChI is InChI=1S/C14H17FN4OS/c1-3-6-17-14-19-12(16)11(21-14)13(20)18-10-7-9(15)5-4-8(10)2/h4-5,7H,3,6,16H2,1-2H3,(H,17,19)(H,18,20). The van der Waals surface area contributed by atoms with Crippen LogP contribution < -0.4 is 16.4 Å². The molecule has 0 saturated carbocycles. The number of aryl methyl sites for hydroxylation is 1. The average Bonchev–Trinajstić information content (AvgIpc) is 2.82. The van der Waals surface area contributed by atoms with Crippen LogP contribution in [0.4, 0.5) is 21.0 Å². The highest BCUT2D eigenvalue weighted by Gasteiger charge is 2.17. The zero-order valence-corrected chi connectivity index (χ0v) is 12.7. The predicted octanol–water partition coefficient (Wildman–Crippen LogP) is 3.25. The Kier molecular flexibility index (Phi) is 4.74. The maximum atomic E-state index is 13.2. The van der Waals surface area contributed by atoms with E-state index in [9.17, 15) is 9.18 Å². The molecule has 0 unspecified atom stereocenters. The quantitative estimate of drug-likeness (QED) is 0.792. The Morgan fingerprint density at radius 2 is 2.24 bits per heavy atom. The number of carbonyl (C=O) groups is 1. The molecule has 2 aromatic rings. The van der Waals surface area contributed by atoms with Crippen LogP contribution in [0.2, 0.25) is 0 Å². The zero-order chi connectivity index (χ0) is 15.4. The molecule has 0 spiro atoms. The number of halogens is 1. The van der Waals surface area contributed by atoms with Gasteiger partial charge in [-0.05, 0) is 31.0 Å². The Bertz CT molecular complexity index is 656. The normalized spacial score (nSPS) is 10.4. The van der Waals surface area contributed by atoms with E-state index in [1.807, 2.05) is 6.92 Å². The molecule has 4 N–H and O–H groups in total. The summed E-state index contributed by atoms with van der Waals surface area (Å²) in [6.45, 7) is 4.58. The van der Waals surface area contributed by atoms with Crippen LogP contribution in [-0.2, 0) is 0 Å². The number of nitrogens with zero attached hydrogens (tertiary/aromatic N) is 1. The predicted molar refractivity (Wildman–Crippen MR) is 84.4 cm³/mol. The van der Waals surface area contributed by atoms with Gasteiger partial charge in [0.2, 0.25) is 0 Å². The van der Waals surface area contributed by atoms with Crippen molar-refractivity contribution in [1.82, 2.24) is 4.98 Å². The summed E-state index contributed by atoms with van der Waals surface area (Å²) in [7, 11) is 0. The van der Waals surface area contributed by atoms with E-state index in [1.165, 1.54) is 23.5 Å². The number of hydrogen-bond donors (Lipinski definition) is 3. The van der Waals surface area contributed by atoms with Crippen molar-refractivity contribution in [3.05, 3.63) is 34.5 Å². The van der Waals surface area contributed by atoms with E-state index in [4.69, 9.17) is 5.73 Å². The summed E-state index contributed by atoms with van der Waals surface area (Å²) < 4.78 is 13.2. The summed E-state index contributed by atoms with van der Waals surface area (Å²) in [5, 5.41) is 6.35. The third-order valence-corrected chi connectivity index (χ3v) is 3.86. The Morgan fingerprint density at radius 3 is 2.95 bits per heavy atom. The second-order valence-electron chi connectivity index (χ2n) is 4.57. The summed E-state index contributed by atoms with van der Waals surface area (Å²) in [5.41, 5.74) is 6.96. The summed E-state index contributed by atoms with van der Waals surface area (Å²) in [6, 6.07) is 4.23. The highest BCUT2D eigenvalue weighted by Crippen LogP contribution is 2.26. The molecule has 0 bridgehead atoms. The summed E-state index contributed by atoms with van der Waals surface area (Å²) >= 11 is 1.18. The number of benzene rings is 1. The number of amides is 1. The van der Waals surface area contributed by atoms with E-state index in [-0.39, 0.29) is 11.7 Å². The van der Waals surface area contributed by atoms with Crippen LogP contribution in [0.3, 0.4) is 0 Å². The summed E-state index contributed by atoms with van der Waals surface area (Å²) in [4.78, 5) is 16.6. The molecular formula is C14H17FN4OS. The molecule has 2 rings (SSSR count). The van der Waals surface area contributed by atoms with Crippen molar-refractivity contribution in [2.24, 2.45) is 0 Å². The van der Waals surface area contributed by atoms with Gasteiger partial charge in [-0.25, -0.2) is 9.37 Å². The average molecular weight is 308 g/mol. The summed E-state index contributed by atoms with van der Waals surface area (Å²) in [6.07, 6.45) is 0.948. The molecule has 0 atom stereocenters. The third-order valence-electron chi connectivity index (χ3n) is 2.83. The molecule has 0 aliphatic rings. The molecule has 1 heterocycles. The Morgan fingerprint density at radius 1 is 1.48 bits per heavy atom. The van der Waals surface area contributed by atoms with Gasteiger partial charge in [-0.2, -0.15) is 0 Å². The van der Waals surface area contributed by atoms with Gasteiger partial charge in [-0.1, -0.05) is 24.3 Å². The fraction of sp³-hybridized carbons (Fsp3) is 0.286. The third kappa shape index (κ3) is 3.69. The minimum Gasteiger partial charge on any atom is -0.382 e. The Balaban J connectivity index is 2.16. The molecule has 1 amide bonds. The van der Waals surface area contributed by atoms with Gasteiger partial charge in [0.25, 0.3) is 5.91 Å². The van der Waals surface area contributed by atoms with Crippen LogP contribution in [0.25, 0.3) is 0 Å². The lowest BCUT2D eigenvalue weighted by Gasteiger charge is -2.07. The lowest BCUT2D eigenvalue weighted by atomic mass is 10.2. The largest absolute Gasteiger partial charge is 0.382 e. The second-order valence-corrected chi connectivity index (χ2v) is 5.57. The molecule has 1 aromatic heterocycles. The number of thiazole rings is 1. The monoisotopic (exact) mass is 308 g/mol. The van der Waals surface area contributed by atoms with Crippen molar-refractivity contribution in [2.45, 2.75) is 20.3 Å². The van der Waals surface area contributed by atoms with Gasteiger partial charge in [0, 0.05) is 12.2 Å². The van der Waals surface area contributed by atoms with Gasteiger partial charge in [0.15, 0.2) is 5.13 Å². The first-order valence-electron chi connectivity index (χ1n) is 6.59. The number of nitrogens with one attached hydrogen (secondary N) is 2. The summed E-state index contributed by atoms with van der Waals surface area (Å²) in [5.74, 6) is -0.619. The number of nitrogen functional groups attached to an aromatic ring is 1. The van der Waals surface area contributed by atoms with Crippen LogP contribution in [0.15, 0.2) is 18.2 Å². The molecule has 0 aliphatic heterocycles. The van der Waals surface area contributed by atoms with Crippen molar-refractivity contribution in [3.63, 3.8) is 0 Å². The minimum absolute atomic E-state index is 0.171. The van der Waals surface area contributed by atoms with Crippen LogP contribution in [-0.4, -0.2) is 17.4 Å². The number of carbonyl (C=O) groups excluding carboxylic acids is 1. The van der Waals surface area contributed by atoms with E-state index in [2.05, 4.69) is 15.6 Å². The maximum Gasteiger partial charge on any atom is 0.269 e. The molecule has 0 aliphatic carbocycles. The fourth-order valence-corrected chi connectivity index (χ4v) is 2.52. The molecular weight excluding hydrogens is 291 g/mol. The van der Waals surface area contributed by atoms with E-state index < -0.39 is 5.82 Å². The number of hydrogen-bond acceptors (Lipinski definition) is 5. The molecule has 112 valence electrons. The second kappa shape index (κ2) is 6.53. The topological polar surface area (TPSA) is 80.0 Å². The number of anilines is 3. The SMILES string of the molecule is CCCNc1nc(N)c(C(=O)Nc2cc(F)ccc2C)s1. The number of rotatable bonds is 5. The molecule has 5 nitrogen and oxygen atoms in total. The van der Waals surface area contributed by atoms with E-state index in [0.717, 1.165) is 18.5 Å². The first kappa shape index (κ1) is 15.2. The first-order chi connectivity index (χ1) is 10.0. The van der Waals surface area contributed by atoms with E-state index >= 15 is 0 Å². The van der Waals surface area contributed by atoms with Gasteiger partial charge in [0.05, 0.1) is 0 Å². The molecule has 1 aromatic carbocycles. The highest BCUT2D eigenvalue weighted by atomic mass is 32.1. The molecule has 0 radical (unpaired) electrons. The molecule has 0 saturated heterocycles. The van der Waals surface area contributed by atoms with Gasteiger partial charge in [-0.15, -0.1) is 0 Å². The van der Waals surface area contributed by atoms with Crippen LogP contribution in [0.5, 0.6) is 0 Å². The van der Waals surface area contributed by atoms with E-state index in [1.54, 1.807) is 13.0 Å². The van der Waals surface area contributed by atoms with Crippen LogP contribution in [0.1, 0.15) is 28.6 Å². The first-order valence-corrected chi connectivity index (χ1v) is 7.40. The van der Waals surface area contributed by atoms with Crippen molar-refractivity contribution in [2.75, 3.05) is 22.9 Å². The lowest BCUT2D eigenvalue weighted by Crippen LogP contribution is -2.13. The molecule has 7 heteroatoms. The van der Waals surface area contributed by atoms with Gasteiger partial charge >= 0.3 is 0 Å². The van der Waals surface area contributed by atoms with E-state index in [0.29, 0.717) is 15.7 Å². The van der Waals surface area contributed by atoms with Crippen LogP contribution in [0, 0.1) is 12.7 Å². The highest BCUT2D eigenvalue weighted by molar-refractivity contribution is 7.18. The molecule has 21 heavy (non-hydrogen) atoms. The van der Waals surface area contributed by atoms with Crippen molar-refractivity contribution >= 4 is 33.9 Å². The smallest absolute Gasteiger partial charge is 0.269 e.